The second-order valence-corrected chi connectivity index (χ2v) is 5.70. The maximum Gasteiger partial charge on any atom is 0.336 e. The molecule has 0 atom stereocenters. The first-order valence-electron chi connectivity index (χ1n) is 7.95. The number of hydrogen-bond acceptors (Lipinski definition) is 5. The number of carboxylic acid groups (broad SMARTS) is 1. The van der Waals surface area contributed by atoms with Crippen molar-refractivity contribution >= 4 is 28.2 Å². The Balaban J connectivity index is 2.09. The molecule has 2 heterocycles. The van der Waals surface area contributed by atoms with E-state index in [1.54, 1.807) is 25.4 Å². The molecule has 3 rings (SSSR count). The lowest BCUT2D eigenvalue weighted by molar-refractivity contribution is 0.0699. The zero-order chi connectivity index (χ0) is 16.4. The summed E-state index contributed by atoms with van der Waals surface area (Å²) in [6.07, 6.45) is 1.73. The summed E-state index contributed by atoms with van der Waals surface area (Å²) in [7, 11) is 1.79. The molecule has 1 saturated heterocycles. The summed E-state index contributed by atoms with van der Waals surface area (Å²) >= 11 is 0. The average molecular weight is 314 g/mol. The topological polar surface area (TPSA) is 68.7 Å². The second kappa shape index (κ2) is 6.42. The molecule has 6 nitrogen and oxygen atoms in total. The third-order valence-electron chi connectivity index (χ3n) is 4.51. The molecule has 1 aromatic carbocycles. The van der Waals surface area contributed by atoms with Crippen molar-refractivity contribution in [1.29, 1.82) is 0 Å². The molecule has 122 valence electrons. The van der Waals surface area contributed by atoms with Crippen LogP contribution in [0, 0.1) is 0 Å². The molecule has 0 radical (unpaired) electrons. The first-order valence-corrected chi connectivity index (χ1v) is 7.95. The first kappa shape index (κ1) is 15.6. The van der Waals surface area contributed by atoms with Gasteiger partial charge in [-0.15, -0.1) is 0 Å². The normalized spacial score (nSPS) is 15.8. The number of anilines is 2. The third-order valence-corrected chi connectivity index (χ3v) is 4.51. The van der Waals surface area contributed by atoms with Crippen molar-refractivity contribution in [2.24, 2.45) is 0 Å². The van der Waals surface area contributed by atoms with Gasteiger partial charge in [0, 0.05) is 44.0 Å². The lowest BCUT2D eigenvalue weighted by atomic mass is 10.0. The van der Waals surface area contributed by atoms with Crippen LogP contribution in [-0.4, -0.2) is 60.7 Å². The van der Waals surface area contributed by atoms with Crippen molar-refractivity contribution in [3.63, 3.8) is 0 Å². The van der Waals surface area contributed by atoms with Crippen molar-refractivity contribution in [2.45, 2.75) is 6.92 Å². The quantitative estimate of drug-likeness (QED) is 0.901. The summed E-state index contributed by atoms with van der Waals surface area (Å²) in [5, 5.41) is 14.2. The highest BCUT2D eigenvalue weighted by atomic mass is 16.4. The molecule has 23 heavy (non-hydrogen) atoms. The van der Waals surface area contributed by atoms with Crippen LogP contribution in [-0.2, 0) is 0 Å². The van der Waals surface area contributed by atoms with Crippen LogP contribution in [0.5, 0.6) is 0 Å². The number of nitrogens with one attached hydrogen (secondary N) is 1. The number of rotatable bonds is 4. The molecule has 1 aliphatic rings. The van der Waals surface area contributed by atoms with Crippen molar-refractivity contribution in [3.05, 3.63) is 30.0 Å². The fourth-order valence-electron chi connectivity index (χ4n) is 3.18. The second-order valence-electron chi connectivity index (χ2n) is 5.70. The third kappa shape index (κ3) is 2.82. The minimum absolute atomic E-state index is 0.308. The molecule has 0 unspecified atom stereocenters. The Morgan fingerprint density at radius 3 is 2.65 bits per heavy atom. The Hall–Kier alpha value is -2.34. The van der Waals surface area contributed by atoms with E-state index >= 15 is 0 Å². The van der Waals surface area contributed by atoms with E-state index in [-0.39, 0.29) is 0 Å². The average Bonchev–Trinajstić information content (AvgIpc) is 2.60. The van der Waals surface area contributed by atoms with Gasteiger partial charge in [-0.1, -0.05) is 19.1 Å². The van der Waals surface area contributed by atoms with Crippen LogP contribution in [0.15, 0.2) is 24.4 Å². The van der Waals surface area contributed by atoms with E-state index in [9.17, 15) is 9.90 Å². The molecule has 6 heteroatoms. The maximum atomic E-state index is 11.6. The van der Waals surface area contributed by atoms with Gasteiger partial charge >= 0.3 is 5.97 Å². The number of hydrogen-bond donors (Lipinski definition) is 2. The molecular formula is C17H22N4O2. The number of carbonyl (C=O) groups is 1. The van der Waals surface area contributed by atoms with Crippen LogP contribution in [0.25, 0.3) is 10.8 Å². The van der Waals surface area contributed by atoms with Crippen molar-refractivity contribution in [2.75, 3.05) is 50.0 Å². The number of benzene rings is 1. The van der Waals surface area contributed by atoms with Gasteiger partial charge in [0.2, 0.25) is 0 Å². The number of piperazine rings is 1. The Labute approximate surface area is 135 Å². The van der Waals surface area contributed by atoms with Gasteiger partial charge in [0.15, 0.2) is 0 Å². The first-order chi connectivity index (χ1) is 11.2. The molecule has 0 saturated carbocycles. The van der Waals surface area contributed by atoms with Gasteiger partial charge in [0.1, 0.15) is 5.82 Å². The van der Waals surface area contributed by atoms with E-state index in [1.165, 1.54) is 0 Å². The van der Waals surface area contributed by atoms with Gasteiger partial charge in [-0.2, -0.15) is 0 Å². The Kier molecular flexibility index (Phi) is 4.34. The largest absolute Gasteiger partial charge is 0.478 e. The number of nitrogens with zero attached hydrogens (tertiary/aromatic N) is 3. The maximum absolute atomic E-state index is 11.6. The van der Waals surface area contributed by atoms with Crippen molar-refractivity contribution in [1.82, 2.24) is 9.88 Å². The van der Waals surface area contributed by atoms with E-state index in [1.807, 2.05) is 6.07 Å². The molecule has 0 amide bonds. The number of fused-ring (bicyclic) bond motifs is 1. The summed E-state index contributed by atoms with van der Waals surface area (Å²) in [6, 6.07) is 5.39. The van der Waals surface area contributed by atoms with E-state index < -0.39 is 5.97 Å². The lowest BCUT2D eigenvalue weighted by Crippen LogP contribution is -2.46. The van der Waals surface area contributed by atoms with Gasteiger partial charge in [-0.05, 0) is 12.6 Å². The summed E-state index contributed by atoms with van der Waals surface area (Å²) in [5.74, 6) is -0.0436. The highest BCUT2D eigenvalue weighted by Gasteiger charge is 2.21. The van der Waals surface area contributed by atoms with E-state index in [2.05, 4.69) is 27.0 Å². The highest BCUT2D eigenvalue weighted by Crippen LogP contribution is 2.33. The SMILES string of the molecule is CCN1CCN(c2ncc(NC)c3c(C(=O)O)cccc23)CC1. The van der Waals surface area contributed by atoms with Gasteiger partial charge in [0.25, 0.3) is 0 Å². The van der Waals surface area contributed by atoms with Crippen molar-refractivity contribution < 1.29 is 9.90 Å². The monoisotopic (exact) mass is 314 g/mol. The summed E-state index contributed by atoms with van der Waals surface area (Å²) in [4.78, 5) is 20.8. The Morgan fingerprint density at radius 2 is 2.04 bits per heavy atom. The van der Waals surface area contributed by atoms with E-state index in [0.29, 0.717) is 5.56 Å². The number of likely N-dealkylation sites (N-methyl/N-ethyl adjacent to an activating group) is 1. The minimum Gasteiger partial charge on any atom is -0.478 e. The molecule has 1 fully saturated rings. The zero-order valence-corrected chi connectivity index (χ0v) is 13.5. The fraction of sp³-hybridized carbons (Fsp3) is 0.412. The van der Waals surface area contributed by atoms with Crippen LogP contribution >= 0.6 is 0 Å². The Morgan fingerprint density at radius 1 is 1.30 bits per heavy atom. The van der Waals surface area contributed by atoms with E-state index in [4.69, 9.17) is 0 Å². The summed E-state index contributed by atoms with van der Waals surface area (Å²) in [6.45, 7) is 7.06. The zero-order valence-electron chi connectivity index (χ0n) is 13.5. The van der Waals surface area contributed by atoms with Crippen LogP contribution in [0.3, 0.4) is 0 Å². The van der Waals surface area contributed by atoms with E-state index in [0.717, 1.165) is 55.0 Å². The van der Waals surface area contributed by atoms with Gasteiger partial charge in [-0.25, -0.2) is 9.78 Å². The van der Waals surface area contributed by atoms with Crippen molar-refractivity contribution in [3.8, 4) is 0 Å². The fourth-order valence-corrected chi connectivity index (χ4v) is 3.18. The lowest BCUT2D eigenvalue weighted by Gasteiger charge is -2.35. The minimum atomic E-state index is -0.917. The van der Waals surface area contributed by atoms with Crippen LogP contribution in [0.1, 0.15) is 17.3 Å². The molecule has 1 aromatic heterocycles. The number of carboxylic acids is 1. The smallest absolute Gasteiger partial charge is 0.336 e. The number of aromatic nitrogens is 1. The molecule has 2 aromatic rings. The number of pyridine rings is 1. The molecule has 0 aliphatic carbocycles. The molecule has 0 spiro atoms. The summed E-state index contributed by atoms with van der Waals surface area (Å²) in [5.41, 5.74) is 1.05. The Bertz CT molecular complexity index is 724. The standard InChI is InChI=1S/C17H22N4O2/c1-3-20-7-9-21(10-8-20)16-12-5-4-6-13(17(22)23)15(12)14(18-2)11-19-16/h4-6,11,18H,3,7-10H2,1-2H3,(H,22,23). The molecule has 1 aliphatic heterocycles. The van der Waals surface area contributed by atoms with Gasteiger partial charge in [0.05, 0.1) is 17.4 Å². The molecular weight excluding hydrogens is 292 g/mol. The van der Waals surface area contributed by atoms with Crippen LogP contribution in [0.2, 0.25) is 0 Å². The number of aromatic carboxylic acids is 1. The molecule has 2 N–H and O–H groups in total. The van der Waals surface area contributed by atoms with Gasteiger partial charge < -0.3 is 20.2 Å². The van der Waals surface area contributed by atoms with Gasteiger partial charge in [-0.3, -0.25) is 0 Å². The molecule has 0 bridgehead atoms. The summed E-state index contributed by atoms with van der Waals surface area (Å²) < 4.78 is 0. The predicted octanol–water partition coefficient (Wildman–Crippen LogP) is 2.12. The highest BCUT2D eigenvalue weighted by molar-refractivity contribution is 6.11. The predicted molar refractivity (Wildman–Crippen MR) is 92.6 cm³/mol. The van der Waals surface area contributed by atoms with Crippen LogP contribution in [0.4, 0.5) is 11.5 Å². The van der Waals surface area contributed by atoms with Crippen LogP contribution < -0.4 is 10.2 Å².